The Morgan fingerprint density at radius 2 is 2.08 bits per heavy atom. The molecule has 8 heteroatoms. The molecule has 1 amide bonds. The summed E-state index contributed by atoms with van der Waals surface area (Å²) in [6.45, 7) is 1.89. The summed E-state index contributed by atoms with van der Waals surface area (Å²) in [6, 6.07) is 5.89. The number of carbonyl (C=O) groups is 1. The van der Waals surface area contributed by atoms with E-state index in [1.54, 1.807) is 20.3 Å². The van der Waals surface area contributed by atoms with Crippen molar-refractivity contribution < 1.29 is 4.79 Å². The van der Waals surface area contributed by atoms with Crippen LogP contribution in [0, 0.1) is 6.92 Å². The molecule has 0 radical (unpaired) electrons. The fourth-order valence-corrected chi connectivity index (χ4v) is 2.86. The van der Waals surface area contributed by atoms with Gasteiger partial charge >= 0.3 is 0 Å². The first-order valence-electron chi connectivity index (χ1n) is 7.79. The fourth-order valence-electron chi connectivity index (χ4n) is 2.86. The van der Waals surface area contributed by atoms with Crippen LogP contribution in [0.1, 0.15) is 16.1 Å². The number of amides is 1. The molecule has 0 atom stereocenters. The summed E-state index contributed by atoms with van der Waals surface area (Å²) in [4.78, 5) is 25.6. The van der Waals surface area contributed by atoms with E-state index in [9.17, 15) is 4.79 Å². The number of hydrogen-bond acceptors (Lipinski definition) is 5. The lowest BCUT2D eigenvalue weighted by Gasteiger charge is -2.09. The van der Waals surface area contributed by atoms with Crippen molar-refractivity contribution in [2.24, 2.45) is 0 Å². The monoisotopic (exact) mass is 335 g/mol. The van der Waals surface area contributed by atoms with Gasteiger partial charge in [-0.15, -0.1) is 0 Å². The summed E-state index contributed by atoms with van der Waals surface area (Å²) in [7, 11) is 3.44. The first kappa shape index (κ1) is 15.1. The number of rotatable bonds is 3. The molecule has 4 rings (SSSR count). The normalized spacial score (nSPS) is 11.2. The number of carbonyl (C=O) groups excluding carboxylic acids is 1. The average Bonchev–Trinajstić information content (AvgIpc) is 3.19. The molecule has 25 heavy (non-hydrogen) atoms. The van der Waals surface area contributed by atoms with Crippen LogP contribution in [0.25, 0.3) is 21.9 Å². The van der Waals surface area contributed by atoms with E-state index in [2.05, 4.69) is 30.5 Å². The lowest BCUT2D eigenvalue weighted by Crippen LogP contribution is -2.22. The molecule has 0 bridgehead atoms. The summed E-state index contributed by atoms with van der Waals surface area (Å²) in [6.07, 6.45) is 3.24. The Labute approximate surface area is 143 Å². The zero-order valence-electron chi connectivity index (χ0n) is 14.1. The number of aromatic amines is 2. The second kappa shape index (κ2) is 5.59. The van der Waals surface area contributed by atoms with Crippen molar-refractivity contribution >= 4 is 39.3 Å². The van der Waals surface area contributed by atoms with Gasteiger partial charge in [0.2, 0.25) is 0 Å². The number of hydrogen-bond donors (Lipinski definition) is 3. The Hall–Kier alpha value is -3.42. The summed E-state index contributed by atoms with van der Waals surface area (Å²) in [5.41, 5.74) is 3.82. The second-order valence-electron chi connectivity index (χ2n) is 6.07. The third-order valence-electron chi connectivity index (χ3n) is 4.16. The molecule has 3 heterocycles. The van der Waals surface area contributed by atoms with Gasteiger partial charge in [-0.1, -0.05) is 0 Å². The van der Waals surface area contributed by atoms with Crippen molar-refractivity contribution in [1.82, 2.24) is 30.0 Å². The zero-order chi connectivity index (χ0) is 17.6. The van der Waals surface area contributed by atoms with E-state index in [0.29, 0.717) is 17.2 Å². The van der Waals surface area contributed by atoms with E-state index in [1.165, 1.54) is 11.2 Å². The molecule has 0 fully saturated rings. The van der Waals surface area contributed by atoms with E-state index < -0.39 is 0 Å². The molecule has 0 aliphatic carbocycles. The standard InChI is InChI=1S/C17H17N7O/c1-9-13-15(21-11-4-5-12-10(6-11)7-20-23-12)18-8-19-16(13)22-14(9)17(25)24(2)3/h4-8H,1-3H3,(H,20,23)(H2,18,19,21,22). The van der Waals surface area contributed by atoms with Crippen molar-refractivity contribution in [3.05, 3.63) is 42.0 Å². The van der Waals surface area contributed by atoms with Crippen molar-refractivity contribution in [2.75, 3.05) is 19.4 Å². The average molecular weight is 335 g/mol. The highest BCUT2D eigenvalue weighted by atomic mass is 16.2. The van der Waals surface area contributed by atoms with Gasteiger partial charge < -0.3 is 15.2 Å². The summed E-state index contributed by atoms with van der Waals surface area (Å²) < 4.78 is 0. The number of nitrogens with zero attached hydrogens (tertiary/aromatic N) is 4. The van der Waals surface area contributed by atoms with E-state index in [0.717, 1.165) is 27.5 Å². The Kier molecular flexibility index (Phi) is 3.38. The molecule has 0 unspecified atom stereocenters. The number of aromatic nitrogens is 5. The highest BCUT2D eigenvalue weighted by molar-refractivity contribution is 6.03. The molecule has 0 saturated heterocycles. The predicted molar refractivity (Wildman–Crippen MR) is 96.0 cm³/mol. The topological polar surface area (TPSA) is 103 Å². The number of anilines is 2. The van der Waals surface area contributed by atoms with Crippen LogP contribution in [0.4, 0.5) is 11.5 Å². The molecule has 126 valence electrons. The summed E-state index contributed by atoms with van der Waals surface area (Å²) in [5, 5.41) is 12.1. The molecular weight excluding hydrogens is 318 g/mol. The first-order valence-corrected chi connectivity index (χ1v) is 7.79. The van der Waals surface area contributed by atoms with Gasteiger partial charge in [-0.25, -0.2) is 9.97 Å². The fraction of sp³-hybridized carbons (Fsp3) is 0.176. The maximum atomic E-state index is 12.3. The molecule has 0 aliphatic rings. The van der Waals surface area contributed by atoms with E-state index in [1.807, 2.05) is 25.1 Å². The maximum Gasteiger partial charge on any atom is 0.270 e. The van der Waals surface area contributed by atoms with Gasteiger partial charge in [-0.3, -0.25) is 9.89 Å². The highest BCUT2D eigenvalue weighted by Gasteiger charge is 2.19. The van der Waals surface area contributed by atoms with Crippen LogP contribution < -0.4 is 5.32 Å². The summed E-state index contributed by atoms with van der Waals surface area (Å²) in [5.74, 6) is 0.556. The van der Waals surface area contributed by atoms with Gasteiger partial charge in [0.15, 0.2) is 0 Å². The lowest BCUT2D eigenvalue weighted by molar-refractivity contribution is 0.0822. The van der Waals surface area contributed by atoms with Crippen LogP contribution in [-0.4, -0.2) is 50.1 Å². The molecule has 3 aromatic heterocycles. The van der Waals surface area contributed by atoms with Gasteiger partial charge in [-0.05, 0) is 30.7 Å². The molecule has 0 spiro atoms. The summed E-state index contributed by atoms with van der Waals surface area (Å²) >= 11 is 0. The van der Waals surface area contributed by atoms with Crippen LogP contribution in [0.2, 0.25) is 0 Å². The van der Waals surface area contributed by atoms with Gasteiger partial charge in [0, 0.05) is 25.2 Å². The molecule has 4 aromatic rings. The van der Waals surface area contributed by atoms with Crippen LogP contribution in [-0.2, 0) is 0 Å². The minimum absolute atomic E-state index is 0.0960. The van der Waals surface area contributed by atoms with E-state index in [4.69, 9.17) is 0 Å². The largest absolute Gasteiger partial charge is 0.343 e. The third-order valence-corrected chi connectivity index (χ3v) is 4.16. The van der Waals surface area contributed by atoms with Crippen molar-refractivity contribution in [1.29, 1.82) is 0 Å². The van der Waals surface area contributed by atoms with Crippen molar-refractivity contribution in [3.63, 3.8) is 0 Å². The minimum Gasteiger partial charge on any atom is -0.343 e. The second-order valence-corrected chi connectivity index (χ2v) is 6.07. The van der Waals surface area contributed by atoms with Gasteiger partial charge in [-0.2, -0.15) is 5.10 Å². The van der Waals surface area contributed by atoms with Crippen molar-refractivity contribution in [2.45, 2.75) is 6.92 Å². The van der Waals surface area contributed by atoms with Gasteiger partial charge in [0.05, 0.1) is 17.1 Å². The Bertz CT molecular complexity index is 1090. The Morgan fingerprint density at radius 3 is 2.88 bits per heavy atom. The predicted octanol–water partition coefficient (Wildman–Crippen LogP) is 2.59. The van der Waals surface area contributed by atoms with Crippen LogP contribution in [0.5, 0.6) is 0 Å². The molecule has 3 N–H and O–H groups in total. The number of aryl methyl sites for hydroxylation is 1. The zero-order valence-corrected chi connectivity index (χ0v) is 14.1. The first-order chi connectivity index (χ1) is 12.0. The maximum absolute atomic E-state index is 12.3. The quantitative estimate of drug-likeness (QED) is 0.534. The molecule has 1 aromatic carbocycles. The molecule has 0 aliphatic heterocycles. The van der Waals surface area contributed by atoms with E-state index >= 15 is 0 Å². The third kappa shape index (κ3) is 2.47. The number of H-pyrrole nitrogens is 2. The molecular formula is C17H17N7O. The van der Waals surface area contributed by atoms with E-state index in [-0.39, 0.29) is 5.91 Å². The van der Waals surface area contributed by atoms with Gasteiger partial charge in [0.1, 0.15) is 23.5 Å². The van der Waals surface area contributed by atoms with Crippen LogP contribution in [0.3, 0.4) is 0 Å². The van der Waals surface area contributed by atoms with Crippen LogP contribution in [0.15, 0.2) is 30.7 Å². The lowest BCUT2D eigenvalue weighted by atomic mass is 10.1. The molecule has 8 nitrogen and oxygen atoms in total. The molecule has 0 saturated carbocycles. The Balaban J connectivity index is 1.80. The SMILES string of the molecule is Cc1c(C(=O)N(C)C)[nH]c2ncnc(Nc3ccc4[nH]ncc4c3)c12. The Morgan fingerprint density at radius 1 is 1.24 bits per heavy atom. The van der Waals surface area contributed by atoms with Gasteiger partial charge in [0.25, 0.3) is 5.91 Å². The number of nitrogens with one attached hydrogen (secondary N) is 3. The number of fused-ring (bicyclic) bond motifs is 2. The highest BCUT2D eigenvalue weighted by Crippen LogP contribution is 2.29. The smallest absolute Gasteiger partial charge is 0.270 e. The number of benzene rings is 1. The van der Waals surface area contributed by atoms with Crippen LogP contribution >= 0.6 is 0 Å². The minimum atomic E-state index is -0.0960. The van der Waals surface area contributed by atoms with Crippen molar-refractivity contribution in [3.8, 4) is 0 Å².